The first-order valence-corrected chi connectivity index (χ1v) is 10.9. The standard InChI is InChI=1S/C26H30N2O6/c1-32-22-7-5-17(13-24(22)34-3)11-19-15-20(28-25(30)8-9-27)14-18(26(19)31)10-16-4-6-21(29)23(12-16)33-2/h4-7,10-13,20,29H,8-9,14-15,27H2,1-3H3,(H,28,30)/b18-10+,19-11+. The summed E-state index contributed by atoms with van der Waals surface area (Å²) in [6.07, 6.45) is 4.54. The molecule has 0 heterocycles. The van der Waals surface area contributed by atoms with Gasteiger partial charge >= 0.3 is 0 Å². The largest absolute Gasteiger partial charge is 0.504 e. The van der Waals surface area contributed by atoms with Crippen LogP contribution in [-0.4, -0.2) is 50.7 Å². The lowest BCUT2D eigenvalue weighted by molar-refractivity contribution is -0.122. The van der Waals surface area contributed by atoms with Crippen LogP contribution in [0.25, 0.3) is 12.2 Å². The van der Waals surface area contributed by atoms with E-state index in [0.717, 1.165) is 5.56 Å². The first-order valence-electron chi connectivity index (χ1n) is 10.9. The third-order valence-electron chi connectivity index (χ3n) is 5.55. The van der Waals surface area contributed by atoms with E-state index in [2.05, 4.69) is 5.32 Å². The van der Waals surface area contributed by atoms with Gasteiger partial charge in [0.1, 0.15) is 0 Å². The Morgan fingerprint density at radius 2 is 1.53 bits per heavy atom. The minimum Gasteiger partial charge on any atom is -0.504 e. The van der Waals surface area contributed by atoms with Crippen molar-refractivity contribution in [2.24, 2.45) is 5.73 Å². The summed E-state index contributed by atoms with van der Waals surface area (Å²) in [4.78, 5) is 25.6. The fourth-order valence-electron chi connectivity index (χ4n) is 3.91. The lowest BCUT2D eigenvalue weighted by Crippen LogP contribution is -2.40. The molecule has 1 aliphatic carbocycles. The Hall–Kier alpha value is -3.78. The highest BCUT2D eigenvalue weighted by Gasteiger charge is 2.29. The van der Waals surface area contributed by atoms with E-state index >= 15 is 0 Å². The van der Waals surface area contributed by atoms with Crippen LogP contribution in [-0.2, 0) is 9.59 Å². The average Bonchev–Trinajstić information content (AvgIpc) is 2.83. The quantitative estimate of drug-likeness (QED) is 0.511. The molecule has 1 saturated carbocycles. The molecule has 3 rings (SSSR count). The second-order valence-electron chi connectivity index (χ2n) is 7.93. The highest BCUT2D eigenvalue weighted by molar-refractivity contribution is 6.14. The fraction of sp³-hybridized carbons (Fsp3) is 0.308. The molecular formula is C26H30N2O6. The lowest BCUT2D eigenvalue weighted by Gasteiger charge is -2.27. The maximum absolute atomic E-state index is 13.4. The zero-order valence-corrected chi connectivity index (χ0v) is 19.6. The number of ketones is 1. The molecule has 0 radical (unpaired) electrons. The summed E-state index contributed by atoms with van der Waals surface area (Å²) in [6.45, 7) is 0.252. The molecule has 2 aromatic carbocycles. The molecule has 0 aliphatic heterocycles. The van der Waals surface area contributed by atoms with Crippen molar-refractivity contribution in [3.05, 3.63) is 58.7 Å². The van der Waals surface area contributed by atoms with Gasteiger partial charge in [-0.05, 0) is 60.4 Å². The molecule has 34 heavy (non-hydrogen) atoms. The number of phenols is 1. The van der Waals surface area contributed by atoms with E-state index in [1.54, 1.807) is 50.6 Å². The Morgan fingerprint density at radius 1 is 0.971 bits per heavy atom. The number of benzene rings is 2. The Balaban J connectivity index is 1.99. The number of hydrogen-bond donors (Lipinski definition) is 3. The van der Waals surface area contributed by atoms with Crippen molar-refractivity contribution in [1.29, 1.82) is 0 Å². The minimum atomic E-state index is -0.256. The van der Waals surface area contributed by atoms with Gasteiger partial charge in [-0.1, -0.05) is 12.1 Å². The van der Waals surface area contributed by atoms with Crippen molar-refractivity contribution in [3.8, 4) is 23.0 Å². The molecule has 1 aliphatic rings. The molecule has 180 valence electrons. The highest BCUT2D eigenvalue weighted by Crippen LogP contribution is 2.33. The zero-order valence-electron chi connectivity index (χ0n) is 19.6. The van der Waals surface area contributed by atoms with Gasteiger partial charge < -0.3 is 30.4 Å². The van der Waals surface area contributed by atoms with Crippen molar-refractivity contribution in [2.45, 2.75) is 25.3 Å². The van der Waals surface area contributed by atoms with Gasteiger partial charge in [0.25, 0.3) is 0 Å². The number of phenolic OH excluding ortho intramolecular Hbond substituents is 1. The van der Waals surface area contributed by atoms with Gasteiger partial charge in [-0.2, -0.15) is 0 Å². The number of amides is 1. The fourth-order valence-corrected chi connectivity index (χ4v) is 3.91. The molecule has 2 aromatic rings. The van der Waals surface area contributed by atoms with Crippen LogP contribution in [0.2, 0.25) is 0 Å². The number of nitrogens with two attached hydrogens (primary N) is 1. The molecule has 1 fully saturated rings. The smallest absolute Gasteiger partial charge is 0.221 e. The molecule has 8 heteroatoms. The van der Waals surface area contributed by atoms with E-state index in [0.29, 0.717) is 46.8 Å². The lowest BCUT2D eigenvalue weighted by atomic mass is 9.83. The van der Waals surface area contributed by atoms with E-state index in [9.17, 15) is 14.7 Å². The summed E-state index contributed by atoms with van der Waals surface area (Å²) in [7, 11) is 4.58. The number of carbonyl (C=O) groups is 2. The number of carbonyl (C=O) groups excluding carboxylic acids is 2. The third-order valence-corrected chi connectivity index (χ3v) is 5.55. The van der Waals surface area contributed by atoms with Gasteiger partial charge in [-0.25, -0.2) is 0 Å². The van der Waals surface area contributed by atoms with Gasteiger partial charge in [0, 0.05) is 30.2 Å². The van der Waals surface area contributed by atoms with Gasteiger partial charge in [0.2, 0.25) is 5.91 Å². The molecule has 1 atom stereocenters. The second kappa shape index (κ2) is 11.4. The number of rotatable bonds is 8. The molecule has 1 unspecified atom stereocenters. The van der Waals surface area contributed by atoms with E-state index in [-0.39, 0.29) is 36.4 Å². The average molecular weight is 467 g/mol. The van der Waals surface area contributed by atoms with E-state index in [1.807, 2.05) is 6.07 Å². The molecule has 0 bridgehead atoms. The number of methoxy groups -OCH3 is 3. The summed E-state index contributed by atoms with van der Waals surface area (Å²) < 4.78 is 15.8. The Labute approximate surface area is 199 Å². The van der Waals surface area contributed by atoms with Crippen LogP contribution in [0.1, 0.15) is 30.4 Å². The van der Waals surface area contributed by atoms with Crippen LogP contribution in [0.5, 0.6) is 23.0 Å². The normalized spacial score (nSPS) is 18.1. The first-order chi connectivity index (χ1) is 16.4. The van der Waals surface area contributed by atoms with Crippen molar-refractivity contribution < 1.29 is 28.9 Å². The first kappa shape index (κ1) is 24.9. The monoisotopic (exact) mass is 466 g/mol. The van der Waals surface area contributed by atoms with Gasteiger partial charge in [0.05, 0.1) is 21.3 Å². The molecule has 0 aromatic heterocycles. The molecule has 4 N–H and O–H groups in total. The van der Waals surface area contributed by atoms with Crippen LogP contribution in [0.15, 0.2) is 47.5 Å². The van der Waals surface area contributed by atoms with Crippen molar-refractivity contribution in [3.63, 3.8) is 0 Å². The van der Waals surface area contributed by atoms with Crippen molar-refractivity contribution in [1.82, 2.24) is 5.32 Å². The van der Waals surface area contributed by atoms with Crippen molar-refractivity contribution >= 4 is 23.8 Å². The van der Waals surface area contributed by atoms with Gasteiger partial charge in [0.15, 0.2) is 28.8 Å². The molecule has 0 spiro atoms. The Bertz CT molecular complexity index is 1120. The number of aromatic hydroxyl groups is 1. The van der Waals surface area contributed by atoms with Crippen LogP contribution in [0.4, 0.5) is 0 Å². The SMILES string of the molecule is COc1cc(/C=C2\CC(NC(=O)CCN)C/C(=C\c3ccc(OC)c(OC)c3)C2=O)ccc1O. The maximum Gasteiger partial charge on any atom is 0.221 e. The van der Waals surface area contributed by atoms with Crippen LogP contribution in [0.3, 0.4) is 0 Å². The number of ether oxygens (including phenoxy) is 3. The summed E-state index contributed by atoms with van der Waals surface area (Å²) in [5.41, 5.74) is 8.11. The number of hydrogen-bond acceptors (Lipinski definition) is 7. The summed E-state index contributed by atoms with van der Waals surface area (Å²) >= 11 is 0. The van der Waals surface area contributed by atoms with Crippen LogP contribution >= 0.6 is 0 Å². The predicted molar refractivity (Wildman–Crippen MR) is 130 cm³/mol. The summed E-state index contributed by atoms with van der Waals surface area (Å²) in [6, 6.07) is 10.0. The van der Waals surface area contributed by atoms with E-state index in [1.165, 1.54) is 13.2 Å². The Morgan fingerprint density at radius 3 is 2.09 bits per heavy atom. The highest BCUT2D eigenvalue weighted by atomic mass is 16.5. The van der Waals surface area contributed by atoms with Crippen LogP contribution < -0.4 is 25.3 Å². The van der Waals surface area contributed by atoms with Crippen LogP contribution in [0, 0.1) is 0 Å². The molecule has 1 amide bonds. The number of nitrogens with one attached hydrogen (secondary N) is 1. The predicted octanol–water partition coefficient (Wildman–Crippen LogP) is 3.08. The van der Waals surface area contributed by atoms with Crippen molar-refractivity contribution in [2.75, 3.05) is 27.9 Å². The van der Waals surface area contributed by atoms with E-state index in [4.69, 9.17) is 19.9 Å². The van der Waals surface area contributed by atoms with Gasteiger partial charge in [-0.3, -0.25) is 9.59 Å². The summed E-state index contributed by atoms with van der Waals surface area (Å²) in [5.74, 6) is 1.21. The second-order valence-corrected chi connectivity index (χ2v) is 7.93. The third kappa shape index (κ3) is 5.96. The zero-order chi connectivity index (χ0) is 24.7. The molecule has 0 saturated heterocycles. The maximum atomic E-state index is 13.4. The van der Waals surface area contributed by atoms with E-state index < -0.39 is 0 Å². The molecular weight excluding hydrogens is 436 g/mol. The Kier molecular flexibility index (Phi) is 8.32. The topological polar surface area (TPSA) is 120 Å². The van der Waals surface area contributed by atoms with Gasteiger partial charge in [-0.15, -0.1) is 0 Å². The molecule has 8 nitrogen and oxygen atoms in total. The number of Topliss-reactive ketones (excluding diaryl/α,β-unsaturated/α-hetero) is 1. The summed E-state index contributed by atoms with van der Waals surface area (Å²) in [5, 5.41) is 12.9. The minimum absolute atomic E-state index is 0.0144.